The van der Waals surface area contributed by atoms with E-state index in [2.05, 4.69) is 20.3 Å². The number of anilines is 1. The van der Waals surface area contributed by atoms with Crippen molar-refractivity contribution in [2.45, 2.75) is 12.5 Å². The van der Waals surface area contributed by atoms with E-state index in [-0.39, 0.29) is 23.6 Å². The van der Waals surface area contributed by atoms with Crippen molar-refractivity contribution in [3.63, 3.8) is 0 Å². The van der Waals surface area contributed by atoms with Crippen molar-refractivity contribution in [1.82, 2.24) is 15.3 Å². The molecule has 5 N–H and O–H groups in total. The smallest absolute Gasteiger partial charge is 0.235 e. The van der Waals surface area contributed by atoms with E-state index in [9.17, 15) is 0 Å². The fourth-order valence-electron chi connectivity index (χ4n) is 3.02. The lowest BCUT2D eigenvalue weighted by Gasteiger charge is -2.13. The standard InChI is InChI=1S/C21H22N6O2/c22-19-18(20(23)27-14-10-11-24-12-14)21(26-13-25-19)29-17-8-6-16(7-9-17)28-15-4-2-1-3-5-15/h1-9,13-14,24H,10-12H2,(H2,23,27)(H2,22,25,26)/t14-/m1/s1. The van der Waals surface area contributed by atoms with Crippen molar-refractivity contribution in [3.8, 4) is 23.1 Å². The number of hydrogen-bond acceptors (Lipinski definition) is 7. The molecular formula is C21H22N6O2. The van der Waals surface area contributed by atoms with Gasteiger partial charge in [0.15, 0.2) is 0 Å². The van der Waals surface area contributed by atoms with Gasteiger partial charge in [0.2, 0.25) is 5.88 Å². The zero-order valence-electron chi connectivity index (χ0n) is 15.8. The topological polar surface area (TPSA) is 121 Å². The quantitative estimate of drug-likeness (QED) is 0.437. The van der Waals surface area contributed by atoms with E-state index in [4.69, 9.17) is 20.9 Å². The maximum atomic E-state index is 6.20. The molecule has 0 aliphatic carbocycles. The number of aromatic nitrogens is 2. The molecule has 0 saturated carbocycles. The van der Waals surface area contributed by atoms with E-state index in [0.717, 1.165) is 25.3 Å². The molecule has 8 nitrogen and oxygen atoms in total. The van der Waals surface area contributed by atoms with Crippen molar-refractivity contribution in [2.75, 3.05) is 18.8 Å². The number of rotatable bonds is 6. The molecule has 1 fully saturated rings. The Bertz CT molecular complexity index is 986. The van der Waals surface area contributed by atoms with Crippen LogP contribution >= 0.6 is 0 Å². The van der Waals surface area contributed by atoms with Gasteiger partial charge in [0, 0.05) is 6.54 Å². The number of hydrogen-bond donors (Lipinski definition) is 3. The average Bonchev–Trinajstić information content (AvgIpc) is 3.23. The largest absolute Gasteiger partial charge is 0.457 e. The SMILES string of the molecule is NC(=N[C@@H]1CCNC1)c1c(N)ncnc1Oc1ccc(Oc2ccccc2)cc1. The van der Waals surface area contributed by atoms with Crippen molar-refractivity contribution >= 4 is 11.7 Å². The number of benzene rings is 2. The summed E-state index contributed by atoms with van der Waals surface area (Å²) in [5.41, 5.74) is 12.6. The highest BCUT2D eigenvalue weighted by atomic mass is 16.5. The first kappa shape index (κ1) is 18.7. The molecule has 0 amide bonds. The Hall–Kier alpha value is -3.65. The van der Waals surface area contributed by atoms with Crippen LogP contribution < -0.4 is 26.3 Å². The number of nitrogen functional groups attached to an aromatic ring is 1. The lowest BCUT2D eigenvalue weighted by atomic mass is 10.2. The maximum absolute atomic E-state index is 6.20. The van der Waals surface area contributed by atoms with Gasteiger partial charge in [-0.15, -0.1) is 0 Å². The summed E-state index contributed by atoms with van der Waals surface area (Å²) in [6.45, 7) is 1.70. The number of ether oxygens (including phenoxy) is 2. The lowest BCUT2D eigenvalue weighted by molar-refractivity contribution is 0.455. The second kappa shape index (κ2) is 8.57. The number of aliphatic imine (C=N–C) groups is 1. The molecular weight excluding hydrogens is 368 g/mol. The molecule has 1 aliphatic rings. The molecule has 1 aliphatic heterocycles. The van der Waals surface area contributed by atoms with Crippen LogP contribution in [0.5, 0.6) is 23.1 Å². The first-order chi connectivity index (χ1) is 14.2. The molecule has 8 heteroatoms. The highest BCUT2D eigenvalue weighted by molar-refractivity contribution is 6.03. The predicted octanol–water partition coefficient (Wildman–Crippen LogP) is 2.71. The van der Waals surface area contributed by atoms with Crippen LogP contribution in [0.3, 0.4) is 0 Å². The molecule has 4 rings (SSSR count). The van der Waals surface area contributed by atoms with E-state index < -0.39 is 0 Å². The zero-order valence-corrected chi connectivity index (χ0v) is 15.8. The summed E-state index contributed by atoms with van der Waals surface area (Å²) in [7, 11) is 0. The van der Waals surface area contributed by atoms with Gasteiger partial charge in [-0.05, 0) is 49.4 Å². The minimum atomic E-state index is 0.108. The number of nitrogens with one attached hydrogen (secondary N) is 1. The van der Waals surface area contributed by atoms with Crippen LogP contribution in [0.4, 0.5) is 5.82 Å². The summed E-state index contributed by atoms with van der Waals surface area (Å²) in [6.07, 6.45) is 2.26. The van der Waals surface area contributed by atoms with Gasteiger partial charge in [-0.1, -0.05) is 18.2 Å². The van der Waals surface area contributed by atoms with E-state index in [1.165, 1.54) is 6.33 Å². The average molecular weight is 390 g/mol. The van der Waals surface area contributed by atoms with Crippen LogP contribution in [0.1, 0.15) is 12.0 Å². The third-order valence-corrected chi connectivity index (χ3v) is 4.47. The molecule has 0 radical (unpaired) electrons. The lowest BCUT2D eigenvalue weighted by Crippen LogP contribution is -2.22. The first-order valence-electron chi connectivity index (χ1n) is 9.34. The minimum Gasteiger partial charge on any atom is -0.457 e. The summed E-state index contributed by atoms with van der Waals surface area (Å²) in [5, 5.41) is 3.25. The van der Waals surface area contributed by atoms with E-state index in [1.54, 1.807) is 12.1 Å². The fourth-order valence-corrected chi connectivity index (χ4v) is 3.02. The van der Waals surface area contributed by atoms with Gasteiger partial charge in [0.1, 0.15) is 40.8 Å². The Morgan fingerprint density at radius 2 is 1.66 bits per heavy atom. The van der Waals surface area contributed by atoms with Gasteiger partial charge >= 0.3 is 0 Å². The first-order valence-corrected chi connectivity index (χ1v) is 9.34. The molecule has 0 bridgehead atoms. The predicted molar refractivity (Wildman–Crippen MR) is 111 cm³/mol. The molecule has 29 heavy (non-hydrogen) atoms. The van der Waals surface area contributed by atoms with Gasteiger partial charge in [-0.2, -0.15) is 0 Å². The second-order valence-electron chi connectivity index (χ2n) is 6.59. The zero-order chi connectivity index (χ0) is 20.1. The molecule has 0 unspecified atom stereocenters. The third-order valence-electron chi connectivity index (χ3n) is 4.47. The van der Waals surface area contributed by atoms with Crippen LogP contribution in [-0.4, -0.2) is 34.9 Å². The van der Waals surface area contributed by atoms with Crippen LogP contribution in [0.25, 0.3) is 0 Å². The van der Waals surface area contributed by atoms with Gasteiger partial charge < -0.3 is 26.3 Å². The summed E-state index contributed by atoms with van der Waals surface area (Å²) in [5.74, 6) is 2.79. The molecule has 1 atom stereocenters. The van der Waals surface area contributed by atoms with Gasteiger partial charge in [-0.25, -0.2) is 9.97 Å². The van der Waals surface area contributed by atoms with E-state index in [0.29, 0.717) is 17.1 Å². The Labute approximate surface area is 168 Å². The molecule has 2 heterocycles. The molecule has 1 saturated heterocycles. The summed E-state index contributed by atoms with van der Waals surface area (Å²) >= 11 is 0. The Balaban J connectivity index is 1.52. The number of amidine groups is 1. The summed E-state index contributed by atoms with van der Waals surface area (Å²) < 4.78 is 11.7. The minimum absolute atomic E-state index is 0.108. The number of para-hydroxylation sites is 1. The van der Waals surface area contributed by atoms with Gasteiger partial charge in [0.25, 0.3) is 0 Å². The Morgan fingerprint density at radius 3 is 2.34 bits per heavy atom. The Kier molecular flexibility index (Phi) is 5.53. The highest BCUT2D eigenvalue weighted by Gasteiger charge is 2.19. The number of nitrogens with two attached hydrogens (primary N) is 2. The van der Waals surface area contributed by atoms with Crippen molar-refractivity contribution in [2.24, 2.45) is 10.7 Å². The number of nitrogens with zero attached hydrogens (tertiary/aromatic N) is 3. The van der Waals surface area contributed by atoms with Crippen molar-refractivity contribution in [1.29, 1.82) is 0 Å². The second-order valence-corrected chi connectivity index (χ2v) is 6.59. The normalized spacial score (nSPS) is 16.6. The van der Waals surface area contributed by atoms with Gasteiger partial charge in [-0.3, -0.25) is 4.99 Å². The summed E-state index contributed by atoms with van der Waals surface area (Å²) in [6, 6.07) is 16.9. The van der Waals surface area contributed by atoms with E-state index >= 15 is 0 Å². The molecule has 0 spiro atoms. The molecule has 1 aromatic heterocycles. The van der Waals surface area contributed by atoms with Crippen LogP contribution in [0.15, 0.2) is 65.9 Å². The van der Waals surface area contributed by atoms with Gasteiger partial charge in [0.05, 0.1) is 6.04 Å². The van der Waals surface area contributed by atoms with E-state index in [1.807, 2.05) is 42.5 Å². The summed E-state index contributed by atoms with van der Waals surface area (Å²) in [4.78, 5) is 12.8. The van der Waals surface area contributed by atoms with Crippen LogP contribution in [0.2, 0.25) is 0 Å². The van der Waals surface area contributed by atoms with Crippen LogP contribution in [-0.2, 0) is 0 Å². The fraction of sp³-hybridized carbons (Fsp3) is 0.190. The third kappa shape index (κ3) is 4.61. The molecule has 148 valence electrons. The van der Waals surface area contributed by atoms with Crippen LogP contribution in [0, 0.1) is 0 Å². The van der Waals surface area contributed by atoms with Crippen molar-refractivity contribution < 1.29 is 9.47 Å². The Morgan fingerprint density at radius 1 is 0.966 bits per heavy atom. The highest BCUT2D eigenvalue weighted by Crippen LogP contribution is 2.28. The monoisotopic (exact) mass is 390 g/mol. The maximum Gasteiger partial charge on any atom is 0.235 e. The molecule has 2 aromatic carbocycles. The van der Waals surface area contributed by atoms with Crippen molar-refractivity contribution in [3.05, 3.63) is 66.5 Å². The molecule has 3 aromatic rings.